The summed E-state index contributed by atoms with van der Waals surface area (Å²) in [6.07, 6.45) is 112. The normalized spacial score (nSPS) is 14.4. The van der Waals surface area contributed by atoms with Crippen molar-refractivity contribution < 1.29 is 32.9 Å². The molecule has 0 aromatic rings. The molecule has 0 heterocycles. The quantitative estimate of drug-likeness (QED) is 0.0243. The molecule has 93 heavy (non-hydrogen) atoms. The monoisotopic (exact) mass is 1310 g/mol. The highest BCUT2D eigenvalue weighted by molar-refractivity contribution is 7.47. The molecule has 0 saturated heterocycles. The molecule has 0 aromatic carbocycles. The zero-order valence-electron chi connectivity index (χ0n) is 61.2. The topological polar surface area (TPSA) is 105 Å². The Balaban J connectivity index is 4.13. The SMILES string of the molecule is CC/C=C\C/C=C\C/C=C\C/C=C\C/C=C\C/C=C\C/C=C\C/C=C\C/C=C\CCCCCCCCCCCCCC(=O)NC(COP(=O)(O)OCC[N+](C)(C)C)C(O)/C=C/CC/C=C/CC/C=C/CCCCCCCCCCCCCCCCCCCCCCCC. The number of hydrogen-bond donors (Lipinski definition) is 3. The molecule has 3 unspecified atom stereocenters. The van der Waals surface area contributed by atoms with Crippen LogP contribution in [0.15, 0.2) is 146 Å². The minimum Gasteiger partial charge on any atom is -0.387 e. The number of hydrogen-bond acceptors (Lipinski definition) is 5. The van der Waals surface area contributed by atoms with Crippen molar-refractivity contribution in [2.24, 2.45) is 0 Å². The molecule has 8 nitrogen and oxygen atoms in total. The molecule has 1 amide bonds. The number of aliphatic hydroxyl groups excluding tert-OH is 1. The van der Waals surface area contributed by atoms with Crippen LogP contribution in [-0.4, -0.2) is 73.4 Å². The van der Waals surface area contributed by atoms with Gasteiger partial charge in [-0.15, -0.1) is 0 Å². The van der Waals surface area contributed by atoms with E-state index in [-0.39, 0.29) is 19.1 Å². The fourth-order valence-electron chi connectivity index (χ4n) is 10.8. The number of rotatable bonds is 70. The second-order valence-electron chi connectivity index (χ2n) is 27.0. The zero-order chi connectivity index (χ0) is 67.6. The van der Waals surface area contributed by atoms with Crippen molar-refractivity contribution in [2.45, 2.75) is 341 Å². The number of likely N-dealkylation sites (N-methyl/N-ethyl adjacent to an activating group) is 1. The fraction of sp³-hybridized carbons (Fsp3) is 0.702. The lowest BCUT2D eigenvalue weighted by molar-refractivity contribution is -0.870. The number of aliphatic hydroxyl groups is 1. The van der Waals surface area contributed by atoms with Gasteiger partial charge in [0.1, 0.15) is 13.2 Å². The summed E-state index contributed by atoms with van der Waals surface area (Å²) >= 11 is 0. The van der Waals surface area contributed by atoms with E-state index < -0.39 is 20.0 Å². The Labute approximate surface area is 576 Å². The number of quaternary nitrogens is 1. The molecule has 9 heteroatoms. The maximum absolute atomic E-state index is 13.1. The van der Waals surface area contributed by atoms with Gasteiger partial charge in [0.25, 0.3) is 0 Å². The molecule has 0 bridgehead atoms. The second-order valence-corrected chi connectivity index (χ2v) is 28.4. The molecule has 0 saturated carbocycles. The summed E-state index contributed by atoms with van der Waals surface area (Å²) < 4.78 is 23.8. The van der Waals surface area contributed by atoms with Gasteiger partial charge in [-0.1, -0.05) is 352 Å². The van der Waals surface area contributed by atoms with E-state index >= 15 is 0 Å². The van der Waals surface area contributed by atoms with E-state index in [9.17, 15) is 19.4 Å². The van der Waals surface area contributed by atoms with Gasteiger partial charge < -0.3 is 19.8 Å². The number of phosphoric ester groups is 1. The number of phosphoric acid groups is 1. The van der Waals surface area contributed by atoms with Crippen LogP contribution in [0.5, 0.6) is 0 Å². The summed E-state index contributed by atoms with van der Waals surface area (Å²) in [5.41, 5.74) is 0. The summed E-state index contributed by atoms with van der Waals surface area (Å²) in [6.45, 7) is 4.69. The van der Waals surface area contributed by atoms with Crippen LogP contribution in [0.4, 0.5) is 0 Å². The number of carbonyl (C=O) groups excluding carboxylic acids is 1. The first-order valence-corrected chi connectivity index (χ1v) is 40.2. The van der Waals surface area contributed by atoms with E-state index in [2.05, 4.69) is 153 Å². The van der Waals surface area contributed by atoms with Crippen molar-refractivity contribution in [3.63, 3.8) is 0 Å². The number of allylic oxidation sites excluding steroid dienone is 23. The lowest BCUT2D eigenvalue weighted by Crippen LogP contribution is -2.45. The van der Waals surface area contributed by atoms with Crippen molar-refractivity contribution >= 4 is 13.7 Å². The van der Waals surface area contributed by atoms with Crippen LogP contribution in [0, 0.1) is 0 Å². The predicted molar refractivity (Wildman–Crippen MR) is 410 cm³/mol. The molecule has 3 N–H and O–H groups in total. The van der Waals surface area contributed by atoms with Gasteiger partial charge >= 0.3 is 7.82 Å². The molecule has 534 valence electrons. The molecule has 0 rings (SSSR count). The van der Waals surface area contributed by atoms with Crippen molar-refractivity contribution in [2.75, 3.05) is 40.9 Å². The van der Waals surface area contributed by atoms with Gasteiger partial charge in [0.05, 0.1) is 39.9 Å². The largest absolute Gasteiger partial charge is 0.472 e. The molecule has 0 fully saturated rings. The molecular formula is C84H148N2O6P+. The van der Waals surface area contributed by atoms with Gasteiger partial charge in [-0.3, -0.25) is 13.8 Å². The fourth-order valence-corrected chi connectivity index (χ4v) is 11.6. The second kappa shape index (κ2) is 72.6. The van der Waals surface area contributed by atoms with Crippen LogP contribution in [0.1, 0.15) is 328 Å². The van der Waals surface area contributed by atoms with E-state index in [1.165, 1.54) is 199 Å². The number of amides is 1. The summed E-state index contributed by atoms with van der Waals surface area (Å²) in [6, 6.07) is -0.884. The number of nitrogens with zero attached hydrogens (tertiary/aromatic N) is 1. The van der Waals surface area contributed by atoms with Crippen LogP contribution in [-0.2, 0) is 18.4 Å². The van der Waals surface area contributed by atoms with Crippen LogP contribution < -0.4 is 5.32 Å². The third-order valence-electron chi connectivity index (χ3n) is 16.8. The van der Waals surface area contributed by atoms with E-state index in [1.807, 2.05) is 27.2 Å². The minimum atomic E-state index is -4.38. The van der Waals surface area contributed by atoms with Gasteiger partial charge in [-0.05, 0) is 116 Å². The lowest BCUT2D eigenvalue weighted by Gasteiger charge is -2.25. The van der Waals surface area contributed by atoms with E-state index in [0.717, 1.165) is 109 Å². The van der Waals surface area contributed by atoms with Crippen LogP contribution in [0.3, 0.4) is 0 Å². The van der Waals surface area contributed by atoms with Crippen molar-refractivity contribution in [1.82, 2.24) is 5.32 Å². The molecule has 0 aliphatic rings. The van der Waals surface area contributed by atoms with E-state index in [4.69, 9.17) is 9.05 Å². The molecule has 0 aliphatic heterocycles. The number of carbonyl (C=O) groups is 1. The Kier molecular flexibility index (Phi) is 69.8. The third-order valence-corrected chi connectivity index (χ3v) is 17.8. The highest BCUT2D eigenvalue weighted by Gasteiger charge is 2.28. The summed E-state index contributed by atoms with van der Waals surface area (Å²) in [5.74, 6) is -0.197. The first-order valence-electron chi connectivity index (χ1n) is 38.7. The summed E-state index contributed by atoms with van der Waals surface area (Å²) in [7, 11) is 1.53. The van der Waals surface area contributed by atoms with E-state index in [0.29, 0.717) is 17.4 Å². The van der Waals surface area contributed by atoms with Crippen molar-refractivity contribution in [3.8, 4) is 0 Å². The molecule has 0 aliphatic carbocycles. The maximum atomic E-state index is 13.1. The van der Waals surface area contributed by atoms with Crippen LogP contribution >= 0.6 is 7.82 Å². The van der Waals surface area contributed by atoms with Crippen LogP contribution in [0.25, 0.3) is 0 Å². The van der Waals surface area contributed by atoms with Crippen molar-refractivity contribution in [1.29, 1.82) is 0 Å². The molecule has 0 radical (unpaired) electrons. The Morgan fingerprint density at radius 1 is 0.376 bits per heavy atom. The van der Waals surface area contributed by atoms with E-state index in [1.54, 1.807) is 6.08 Å². The average Bonchev–Trinajstić information content (AvgIpc) is 1.94. The molecule has 3 atom stereocenters. The predicted octanol–water partition coefficient (Wildman–Crippen LogP) is 25.5. The van der Waals surface area contributed by atoms with Gasteiger partial charge in [-0.2, -0.15) is 0 Å². The van der Waals surface area contributed by atoms with Crippen molar-refractivity contribution in [3.05, 3.63) is 146 Å². The van der Waals surface area contributed by atoms with Gasteiger partial charge in [0, 0.05) is 6.42 Å². The maximum Gasteiger partial charge on any atom is 0.472 e. The molecule has 0 spiro atoms. The van der Waals surface area contributed by atoms with Gasteiger partial charge in [0.2, 0.25) is 5.91 Å². The minimum absolute atomic E-state index is 0.0467. The summed E-state index contributed by atoms with van der Waals surface area (Å²) in [4.78, 5) is 23.5. The molecule has 0 aromatic heterocycles. The smallest absolute Gasteiger partial charge is 0.387 e. The average molecular weight is 1310 g/mol. The first-order chi connectivity index (χ1) is 45.5. The number of unbranched alkanes of at least 4 members (excludes halogenated alkanes) is 35. The Morgan fingerprint density at radius 2 is 0.656 bits per heavy atom. The van der Waals surface area contributed by atoms with Gasteiger partial charge in [-0.25, -0.2) is 4.57 Å². The Morgan fingerprint density at radius 3 is 0.989 bits per heavy atom. The van der Waals surface area contributed by atoms with Gasteiger partial charge in [0.15, 0.2) is 0 Å². The zero-order valence-corrected chi connectivity index (χ0v) is 62.1. The standard InChI is InChI=1S/C84H147N2O6P/c1-6-8-10-12-14-16-18-20-22-24-26-28-30-32-34-36-38-40-41-42-43-44-45-46-48-50-52-54-56-58-60-62-64-66-68-70-72-74-76-78-84(88)85-82(81-92-93(89,90)91-80-79-86(3,4)5)83(87)77-75-73-71-69-67-65-63-61-59-57-55-53-51-49-47-39-37-35-33-31-29-27-25-23-21-19-17-15-13-11-9-7-2/h8,10,14,16,20,22,26,28,32,34,38,40,42-43,45-46,50,52,59,61,67,69,75,77,82-83,87H,6-7,9,11-13,15,17-19,21,23-25,27,29-31,33,35-37,39,41,44,47-49,51,53-58,60,62-66,68,70-74,76,78-81H2,1-5H3,(H-,85,88,89,90)/p+1/b10-8-,16-14-,22-20-,28-26-,34-32-,40-38-,43-42-,46-45-,52-50-,61-59+,69-67+,77-75+. The molecular weight excluding hydrogens is 1160 g/mol. The van der Waals surface area contributed by atoms with Crippen LogP contribution in [0.2, 0.25) is 0 Å². The summed E-state index contributed by atoms with van der Waals surface area (Å²) in [5, 5.41) is 14.0. The first kappa shape index (κ1) is 89.4. The highest BCUT2D eigenvalue weighted by Crippen LogP contribution is 2.43. The number of nitrogens with one attached hydrogen (secondary N) is 1. The Hall–Kier alpha value is -3.62. The Bertz CT molecular complexity index is 2030. The lowest BCUT2D eigenvalue weighted by atomic mass is 10.0. The highest BCUT2D eigenvalue weighted by atomic mass is 31.2. The third kappa shape index (κ3) is 75.6.